The van der Waals surface area contributed by atoms with E-state index in [1.165, 1.54) is 60.5 Å². The molecule has 0 fully saturated rings. The lowest BCUT2D eigenvalue weighted by molar-refractivity contribution is 1.18. The van der Waals surface area contributed by atoms with E-state index in [2.05, 4.69) is 98.9 Å². The van der Waals surface area contributed by atoms with Crippen molar-refractivity contribution in [3.05, 3.63) is 121 Å². The molecule has 8 aromatic rings. The fourth-order valence-corrected chi connectivity index (χ4v) is 6.52. The minimum Gasteiger partial charge on any atom is -0.309 e. The molecule has 4 heterocycles. The molecule has 9 rings (SSSR count). The average molecular weight is 473 g/mol. The maximum atomic E-state index is 4.76. The summed E-state index contributed by atoms with van der Waals surface area (Å²) < 4.78 is 4.62. The van der Waals surface area contributed by atoms with E-state index >= 15 is 0 Å². The number of nitrogens with zero attached hydrogens (tertiary/aromatic N) is 4. The smallest absolute Gasteiger partial charge is 0.145 e. The zero-order valence-corrected chi connectivity index (χ0v) is 19.9. The molecule has 4 aromatic heterocycles. The normalized spacial score (nSPS) is 12.8. The van der Waals surface area contributed by atoms with E-state index < -0.39 is 0 Å². The second kappa shape index (κ2) is 6.83. The van der Waals surface area contributed by atoms with E-state index in [0.717, 1.165) is 23.0 Å². The highest BCUT2D eigenvalue weighted by Gasteiger charge is 2.25. The standard InChI is InChI=1S/C33H20N4/c1-2-7-22(8-3-1)37-29-18-26-24-12-13-34-19-30(24)36-15-14-35-33(36)28(26)17-27(29)25-11-10-21-16-20-6-4-5-9-23(20)31(21)32(25)37/h1-15,17-19H,16H2. The molecule has 0 unspecified atom stereocenters. The topological polar surface area (TPSA) is 35.1 Å². The van der Waals surface area contributed by atoms with Crippen LogP contribution >= 0.6 is 0 Å². The molecule has 1 aliphatic rings. The van der Waals surface area contributed by atoms with Gasteiger partial charge in [0.25, 0.3) is 0 Å². The SMILES string of the molecule is c1ccc(-n2c3cc4c5ccncc5n5ccnc5c4cc3c3ccc4c(c32)-c2ccccc2C4)cc1. The van der Waals surface area contributed by atoms with Gasteiger partial charge in [-0.3, -0.25) is 9.38 Å². The van der Waals surface area contributed by atoms with Crippen LogP contribution in [0, 0.1) is 0 Å². The molecule has 0 saturated heterocycles. The van der Waals surface area contributed by atoms with Crippen LogP contribution in [-0.4, -0.2) is 18.9 Å². The van der Waals surface area contributed by atoms with Crippen LogP contribution in [0.4, 0.5) is 0 Å². The number of hydrogen-bond donors (Lipinski definition) is 0. The van der Waals surface area contributed by atoms with Crippen molar-refractivity contribution in [2.45, 2.75) is 6.42 Å². The van der Waals surface area contributed by atoms with Gasteiger partial charge in [0, 0.05) is 51.4 Å². The molecule has 0 atom stereocenters. The summed E-state index contributed by atoms with van der Waals surface area (Å²) in [5.41, 5.74) is 11.2. The fraction of sp³-hybridized carbons (Fsp3) is 0.0303. The molecule has 1 aliphatic carbocycles. The predicted molar refractivity (Wildman–Crippen MR) is 151 cm³/mol. The Morgan fingerprint density at radius 1 is 0.649 bits per heavy atom. The molecule has 0 bridgehead atoms. The van der Waals surface area contributed by atoms with Crippen LogP contribution in [0.1, 0.15) is 11.1 Å². The number of rotatable bonds is 1. The first-order valence-electron chi connectivity index (χ1n) is 12.6. The first-order valence-corrected chi connectivity index (χ1v) is 12.6. The van der Waals surface area contributed by atoms with E-state index in [-0.39, 0.29) is 0 Å². The van der Waals surface area contributed by atoms with Crippen molar-refractivity contribution in [1.82, 2.24) is 18.9 Å². The number of aromatic nitrogens is 4. The van der Waals surface area contributed by atoms with E-state index in [1.54, 1.807) is 0 Å². The van der Waals surface area contributed by atoms with Gasteiger partial charge in [-0.15, -0.1) is 0 Å². The van der Waals surface area contributed by atoms with Crippen LogP contribution in [0.15, 0.2) is 110 Å². The van der Waals surface area contributed by atoms with Crippen LogP contribution < -0.4 is 0 Å². The summed E-state index contributed by atoms with van der Waals surface area (Å²) in [5.74, 6) is 0. The van der Waals surface area contributed by atoms with E-state index in [9.17, 15) is 0 Å². The van der Waals surface area contributed by atoms with Crippen LogP contribution in [-0.2, 0) is 6.42 Å². The zero-order chi connectivity index (χ0) is 24.1. The van der Waals surface area contributed by atoms with Crippen LogP contribution in [0.5, 0.6) is 0 Å². The third-order valence-corrected chi connectivity index (χ3v) is 8.07. The van der Waals surface area contributed by atoms with E-state index in [0.29, 0.717) is 0 Å². The molecule has 0 N–H and O–H groups in total. The van der Waals surface area contributed by atoms with E-state index in [4.69, 9.17) is 4.98 Å². The maximum absolute atomic E-state index is 4.76. The van der Waals surface area contributed by atoms with Gasteiger partial charge in [0.2, 0.25) is 0 Å². The minimum atomic E-state index is 0.963. The lowest BCUT2D eigenvalue weighted by Crippen LogP contribution is -1.96. The quantitative estimate of drug-likeness (QED) is 0.229. The summed E-state index contributed by atoms with van der Waals surface area (Å²) in [4.78, 5) is 9.18. The van der Waals surface area contributed by atoms with Crippen molar-refractivity contribution in [3.8, 4) is 16.8 Å². The monoisotopic (exact) mass is 472 g/mol. The molecule has 37 heavy (non-hydrogen) atoms. The molecule has 0 radical (unpaired) electrons. The number of imidazole rings is 1. The summed E-state index contributed by atoms with van der Waals surface area (Å²) in [5, 5.41) is 6.05. The largest absolute Gasteiger partial charge is 0.309 e. The van der Waals surface area contributed by atoms with Gasteiger partial charge in [-0.05, 0) is 58.8 Å². The summed E-state index contributed by atoms with van der Waals surface area (Å²) in [6.07, 6.45) is 8.70. The predicted octanol–water partition coefficient (Wildman–Crippen LogP) is 7.70. The van der Waals surface area contributed by atoms with Crippen molar-refractivity contribution in [3.63, 3.8) is 0 Å². The Labute approximate surface area is 212 Å². The Kier molecular flexibility index (Phi) is 3.55. The molecule has 4 aromatic carbocycles. The highest BCUT2D eigenvalue weighted by atomic mass is 15.0. The lowest BCUT2D eigenvalue weighted by Gasteiger charge is -2.12. The van der Waals surface area contributed by atoms with Gasteiger partial charge in [0.1, 0.15) is 5.65 Å². The maximum Gasteiger partial charge on any atom is 0.145 e. The van der Waals surface area contributed by atoms with Crippen LogP contribution in [0.3, 0.4) is 0 Å². The number of benzene rings is 4. The minimum absolute atomic E-state index is 0.963. The van der Waals surface area contributed by atoms with Crippen molar-refractivity contribution < 1.29 is 0 Å². The summed E-state index contributed by atoms with van der Waals surface area (Å²) in [6, 6.07) is 31.1. The van der Waals surface area contributed by atoms with Gasteiger partial charge < -0.3 is 4.57 Å². The fourth-order valence-electron chi connectivity index (χ4n) is 6.52. The third-order valence-electron chi connectivity index (χ3n) is 8.07. The summed E-state index contributed by atoms with van der Waals surface area (Å²) >= 11 is 0. The third kappa shape index (κ3) is 2.42. The van der Waals surface area contributed by atoms with Gasteiger partial charge in [-0.2, -0.15) is 0 Å². The number of pyridine rings is 2. The molecule has 172 valence electrons. The Balaban J connectivity index is 1.55. The van der Waals surface area contributed by atoms with Crippen molar-refractivity contribution in [1.29, 1.82) is 0 Å². The second-order valence-electron chi connectivity index (χ2n) is 9.93. The molecule has 0 spiro atoms. The van der Waals surface area contributed by atoms with Crippen molar-refractivity contribution in [2.24, 2.45) is 0 Å². The van der Waals surface area contributed by atoms with Gasteiger partial charge in [0.05, 0.1) is 22.7 Å². The molecular formula is C33H20N4. The first kappa shape index (κ1) is 19.3. The van der Waals surface area contributed by atoms with Gasteiger partial charge in [0.15, 0.2) is 0 Å². The van der Waals surface area contributed by atoms with Gasteiger partial charge >= 0.3 is 0 Å². The molecule has 0 aliphatic heterocycles. The van der Waals surface area contributed by atoms with Crippen LogP contribution in [0.2, 0.25) is 0 Å². The number of para-hydroxylation sites is 1. The molecule has 0 saturated carbocycles. The van der Waals surface area contributed by atoms with E-state index in [1.807, 2.05) is 24.8 Å². The Bertz CT molecular complexity index is 2220. The molecule has 4 nitrogen and oxygen atoms in total. The molecular weight excluding hydrogens is 452 g/mol. The number of hydrogen-bond acceptors (Lipinski definition) is 2. The summed E-state index contributed by atoms with van der Waals surface area (Å²) in [7, 11) is 0. The second-order valence-corrected chi connectivity index (χ2v) is 9.93. The average Bonchev–Trinajstić information content (AvgIpc) is 3.66. The van der Waals surface area contributed by atoms with Crippen molar-refractivity contribution >= 4 is 49.1 Å². The Morgan fingerprint density at radius 2 is 1.54 bits per heavy atom. The summed E-state index contributed by atoms with van der Waals surface area (Å²) in [6.45, 7) is 0. The lowest BCUT2D eigenvalue weighted by atomic mass is 10.0. The molecule has 4 heteroatoms. The first-order chi connectivity index (χ1) is 18.4. The van der Waals surface area contributed by atoms with Crippen LogP contribution in [0.25, 0.3) is 65.9 Å². The van der Waals surface area contributed by atoms with Crippen molar-refractivity contribution in [2.75, 3.05) is 0 Å². The highest BCUT2D eigenvalue weighted by Crippen LogP contribution is 2.46. The van der Waals surface area contributed by atoms with Gasteiger partial charge in [-0.1, -0.05) is 54.6 Å². The van der Waals surface area contributed by atoms with Gasteiger partial charge in [-0.25, -0.2) is 4.98 Å². The molecule has 0 amide bonds. The Hall–Kier alpha value is -4.96. The number of fused-ring (bicyclic) bond motifs is 13. The highest BCUT2D eigenvalue weighted by molar-refractivity contribution is 6.22. The Morgan fingerprint density at radius 3 is 2.49 bits per heavy atom. The zero-order valence-electron chi connectivity index (χ0n) is 19.9.